The van der Waals surface area contributed by atoms with Gasteiger partial charge in [-0.05, 0) is 20.3 Å². The summed E-state index contributed by atoms with van der Waals surface area (Å²) in [6.07, 6.45) is 0.430. The first-order chi connectivity index (χ1) is 8.03. The Balaban J connectivity index is 2.59. The van der Waals surface area contributed by atoms with Crippen molar-refractivity contribution >= 4 is 39.1 Å². The highest BCUT2D eigenvalue weighted by Crippen LogP contribution is 2.64. The number of carbonyl (C=O) groups excluding carboxylic acids is 1. The van der Waals surface area contributed by atoms with E-state index in [-0.39, 0.29) is 11.7 Å². The summed E-state index contributed by atoms with van der Waals surface area (Å²) < 4.78 is 25.1. The molecule has 5 nitrogen and oxygen atoms in total. The fourth-order valence-electron chi connectivity index (χ4n) is 1.71. The summed E-state index contributed by atoms with van der Waals surface area (Å²) in [7, 11) is -3.59. The van der Waals surface area contributed by atoms with Crippen LogP contribution < -0.4 is 10.0 Å². The average Bonchev–Trinajstić information content (AvgIpc) is 2.62. The van der Waals surface area contributed by atoms with Crippen molar-refractivity contribution in [2.24, 2.45) is 5.41 Å². The maximum absolute atomic E-state index is 11.9. The first-order valence-electron chi connectivity index (χ1n) is 5.68. The van der Waals surface area contributed by atoms with Crippen LogP contribution in [0.25, 0.3) is 0 Å². The van der Waals surface area contributed by atoms with Crippen LogP contribution in [0.15, 0.2) is 0 Å². The van der Waals surface area contributed by atoms with E-state index >= 15 is 0 Å². The molecule has 0 aliphatic heterocycles. The number of carbonyl (C=O) groups is 1. The Hall–Kier alpha value is -0.0400. The van der Waals surface area contributed by atoms with E-state index in [0.717, 1.165) is 0 Å². The zero-order valence-corrected chi connectivity index (χ0v) is 12.9. The fourth-order valence-corrected chi connectivity index (χ4v) is 4.51. The molecule has 1 saturated carbocycles. The number of nitrogens with one attached hydrogen (secondary N) is 2. The standard InChI is InChI=1S/C10H18Cl2N2O3S/c1-4-13-8(15)7(2)14-18(16,17)6-9(3)5-10(9,11)12/h7,14H,4-6H2,1-3H3,(H,13,15)/t7-,9-/m0/s1. The third-order valence-electron chi connectivity index (χ3n) is 2.98. The van der Waals surface area contributed by atoms with Crippen LogP contribution >= 0.6 is 23.2 Å². The predicted octanol–water partition coefficient (Wildman–Crippen LogP) is 1.01. The number of halogens is 2. The van der Waals surface area contributed by atoms with Gasteiger partial charge in [0.15, 0.2) is 0 Å². The lowest BCUT2D eigenvalue weighted by Crippen LogP contribution is -2.46. The second-order valence-electron chi connectivity index (χ2n) is 4.94. The fraction of sp³-hybridized carbons (Fsp3) is 0.900. The molecule has 1 aliphatic rings. The molecule has 0 aromatic heterocycles. The van der Waals surface area contributed by atoms with Gasteiger partial charge in [-0.25, -0.2) is 13.1 Å². The van der Waals surface area contributed by atoms with E-state index in [1.54, 1.807) is 13.8 Å². The van der Waals surface area contributed by atoms with Crippen LogP contribution in [-0.4, -0.2) is 37.0 Å². The minimum absolute atomic E-state index is 0.184. The highest BCUT2D eigenvalue weighted by molar-refractivity contribution is 7.89. The first kappa shape index (κ1) is 16.0. The van der Waals surface area contributed by atoms with Gasteiger partial charge in [0, 0.05) is 12.0 Å². The molecule has 0 saturated heterocycles. The van der Waals surface area contributed by atoms with E-state index in [0.29, 0.717) is 13.0 Å². The van der Waals surface area contributed by atoms with E-state index in [2.05, 4.69) is 10.0 Å². The van der Waals surface area contributed by atoms with Crippen molar-refractivity contribution in [1.29, 1.82) is 0 Å². The number of alkyl halides is 2. The molecule has 0 bridgehead atoms. The molecule has 1 aliphatic carbocycles. The Morgan fingerprint density at radius 2 is 1.94 bits per heavy atom. The molecule has 106 valence electrons. The van der Waals surface area contributed by atoms with Gasteiger partial charge in [-0.1, -0.05) is 6.92 Å². The van der Waals surface area contributed by atoms with Crippen LogP contribution in [0.1, 0.15) is 27.2 Å². The number of amides is 1. The van der Waals surface area contributed by atoms with E-state index in [9.17, 15) is 13.2 Å². The zero-order chi connectivity index (χ0) is 14.2. The molecule has 0 aromatic rings. The minimum Gasteiger partial charge on any atom is -0.355 e. The number of sulfonamides is 1. The monoisotopic (exact) mass is 316 g/mol. The summed E-state index contributed by atoms with van der Waals surface area (Å²) in [6.45, 7) is 5.42. The Morgan fingerprint density at radius 1 is 1.44 bits per heavy atom. The van der Waals surface area contributed by atoms with Crippen molar-refractivity contribution in [2.45, 2.75) is 37.6 Å². The second kappa shape index (κ2) is 5.15. The smallest absolute Gasteiger partial charge is 0.237 e. The molecule has 0 unspecified atom stereocenters. The minimum atomic E-state index is -3.59. The van der Waals surface area contributed by atoms with Gasteiger partial charge in [0.2, 0.25) is 15.9 Å². The summed E-state index contributed by atoms with van der Waals surface area (Å²) in [5.41, 5.74) is -0.650. The molecule has 18 heavy (non-hydrogen) atoms. The molecule has 0 aromatic carbocycles. The van der Waals surface area contributed by atoms with Gasteiger partial charge < -0.3 is 5.32 Å². The van der Waals surface area contributed by atoms with Crippen molar-refractivity contribution in [1.82, 2.24) is 10.0 Å². The largest absolute Gasteiger partial charge is 0.355 e. The SMILES string of the molecule is CCNC(=O)[C@H](C)NS(=O)(=O)C[C@]1(C)CC1(Cl)Cl. The van der Waals surface area contributed by atoms with Crippen molar-refractivity contribution in [2.75, 3.05) is 12.3 Å². The number of likely N-dealkylation sites (N-methyl/N-ethyl adjacent to an activating group) is 1. The molecule has 1 fully saturated rings. The molecular weight excluding hydrogens is 299 g/mol. The van der Waals surface area contributed by atoms with Crippen molar-refractivity contribution in [3.8, 4) is 0 Å². The highest BCUT2D eigenvalue weighted by Gasteiger charge is 2.64. The van der Waals surface area contributed by atoms with Crippen LogP contribution in [0, 0.1) is 5.41 Å². The van der Waals surface area contributed by atoms with Gasteiger partial charge in [-0.15, -0.1) is 23.2 Å². The molecule has 1 rings (SSSR count). The first-order valence-corrected chi connectivity index (χ1v) is 8.09. The van der Waals surface area contributed by atoms with Crippen LogP contribution in [0.4, 0.5) is 0 Å². The van der Waals surface area contributed by atoms with E-state index in [1.807, 2.05) is 0 Å². The van der Waals surface area contributed by atoms with Crippen molar-refractivity contribution in [3.63, 3.8) is 0 Å². The quantitative estimate of drug-likeness (QED) is 0.718. The summed E-state index contributed by atoms with van der Waals surface area (Å²) in [5, 5.41) is 2.54. The van der Waals surface area contributed by atoms with Crippen LogP contribution in [0.2, 0.25) is 0 Å². The van der Waals surface area contributed by atoms with Crippen LogP contribution in [0.3, 0.4) is 0 Å². The molecule has 0 spiro atoms. The molecular formula is C10H18Cl2N2O3S. The van der Waals surface area contributed by atoms with E-state index < -0.39 is 25.8 Å². The van der Waals surface area contributed by atoms with Crippen molar-refractivity contribution in [3.05, 3.63) is 0 Å². The summed E-state index contributed by atoms with van der Waals surface area (Å²) >= 11 is 11.8. The highest BCUT2D eigenvalue weighted by atomic mass is 35.5. The topological polar surface area (TPSA) is 75.3 Å². The second-order valence-corrected chi connectivity index (χ2v) is 8.17. The molecule has 1 amide bonds. The summed E-state index contributed by atoms with van der Waals surface area (Å²) in [5.74, 6) is -0.540. The van der Waals surface area contributed by atoms with Crippen LogP contribution in [0.5, 0.6) is 0 Å². The molecule has 2 atom stereocenters. The van der Waals surface area contributed by atoms with Gasteiger partial charge in [0.1, 0.15) is 4.33 Å². The lowest BCUT2D eigenvalue weighted by Gasteiger charge is -2.17. The van der Waals surface area contributed by atoms with Gasteiger partial charge >= 0.3 is 0 Å². The maximum atomic E-state index is 11.9. The van der Waals surface area contributed by atoms with Gasteiger partial charge in [-0.3, -0.25) is 4.79 Å². The van der Waals surface area contributed by atoms with Crippen LogP contribution in [-0.2, 0) is 14.8 Å². The predicted molar refractivity (Wildman–Crippen MR) is 72.2 cm³/mol. The average molecular weight is 317 g/mol. The van der Waals surface area contributed by atoms with Gasteiger partial charge in [-0.2, -0.15) is 0 Å². The summed E-state index contributed by atoms with van der Waals surface area (Å²) in [6, 6.07) is -0.808. The molecule has 0 heterocycles. The summed E-state index contributed by atoms with van der Waals surface area (Å²) in [4.78, 5) is 11.4. The molecule has 2 N–H and O–H groups in total. The normalized spacial score (nSPS) is 27.6. The Labute approximate surface area is 118 Å². The molecule has 8 heteroatoms. The Morgan fingerprint density at radius 3 is 2.33 bits per heavy atom. The van der Waals surface area contributed by atoms with Crippen molar-refractivity contribution < 1.29 is 13.2 Å². The number of hydrogen-bond acceptors (Lipinski definition) is 3. The number of hydrogen-bond donors (Lipinski definition) is 2. The lowest BCUT2D eigenvalue weighted by atomic mass is 10.2. The van der Waals surface area contributed by atoms with E-state index in [1.165, 1.54) is 6.92 Å². The third-order valence-corrected chi connectivity index (χ3v) is 5.89. The number of rotatable bonds is 6. The Bertz CT molecular complexity index is 438. The molecule has 0 radical (unpaired) electrons. The van der Waals surface area contributed by atoms with Gasteiger partial charge in [0.25, 0.3) is 0 Å². The third kappa shape index (κ3) is 3.73. The maximum Gasteiger partial charge on any atom is 0.237 e. The Kier molecular flexibility index (Phi) is 4.58. The van der Waals surface area contributed by atoms with E-state index in [4.69, 9.17) is 23.2 Å². The lowest BCUT2D eigenvalue weighted by molar-refractivity contribution is -0.122. The zero-order valence-electron chi connectivity index (χ0n) is 10.6. The van der Waals surface area contributed by atoms with Gasteiger partial charge in [0.05, 0.1) is 11.8 Å².